The smallest absolute Gasteiger partial charge is 0.226 e. The molecule has 0 saturated carbocycles. The second-order valence-corrected chi connectivity index (χ2v) is 5.11. The lowest BCUT2D eigenvalue weighted by Crippen LogP contribution is -2.42. The van der Waals surface area contributed by atoms with Gasteiger partial charge in [-0.25, -0.2) is 4.98 Å². The van der Waals surface area contributed by atoms with E-state index in [1.807, 2.05) is 24.3 Å². The van der Waals surface area contributed by atoms with Gasteiger partial charge in [0.2, 0.25) is 5.89 Å². The third kappa shape index (κ3) is 3.15. The van der Waals surface area contributed by atoms with Crippen LogP contribution in [0.2, 0.25) is 5.02 Å². The quantitative estimate of drug-likeness (QED) is 0.935. The molecule has 5 heteroatoms. The van der Waals surface area contributed by atoms with Crippen LogP contribution in [0.15, 0.2) is 34.9 Å². The van der Waals surface area contributed by atoms with E-state index >= 15 is 0 Å². The second-order valence-electron chi connectivity index (χ2n) is 4.68. The molecule has 100 valence electrons. The van der Waals surface area contributed by atoms with Crippen LogP contribution >= 0.6 is 11.6 Å². The van der Waals surface area contributed by atoms with Crippen LogP contribution in [0.3, 0.4) is 0 Å². The van der Waals surface area contributed by atoms with Crippen molar-refractivity contribution in [3.05, 3.63) is 41.2 Å². The van der Waals surface area contributed by atoms with Gasteiger partial charge in [0.25, 0.3) is 0 Å². The summed E-state index contributed by atoms with van der Waals surface area (Å²) in [5, 5.41) is 4.06. The molecule has 0 unspecified atom stereocenters. The van der Waals surface area contributed by atoms with Crippen LogP contribution in [0.1, 0.15) is 5.69 Å². The minimum atomic E-state index is 0.654. The maximum Gasteiger partial charge on any atom is 0.226 e. The number of nitrogens with zero attached hydrogens (tertiary/aromatic N) is 2. The number of hydrogen-bond acceptors (Lipinski definition) is 4. The molecule has 2 heterocycles. The number of aromatic nitrogens is 1. The Morgan fingerprint density at radius 1 is 1.21 bits per heavy atom. The van der Waals surface area contributed by atoms with E-state index in [1.54, 1.807) is 6.26 Å². The Morgan fingerprint density at radius 2 is 1.95 bits per heavy atom. The van der Waals surface area contributed by atoms with E-state index in [0.29, 0.717) is 5.89 Å². The molecular formula is C14H16ClN3O. The van der Waals surface area contributed by atoms with Crippen LogP contribution in [-0.4, -0.2) is 36.1 Å². The lowest BCUT2D eigenvalue weighted by Gasteiger charge is -2.25. The molecule has 0 atom stereocenters. The fraction of sp³-hybridized carbons (Fsp3) is 0.357. The van der Waals surface area contributed by atoms with Gasteiger partial charge >= 0.3 is 0 Å². The van der Waals surface area contributed by atoms with Gasteiger partial charge in [0.15, 0.2) is 0 Å². The number of hydrogen-bond donors (Lipinski definition) is 1. The molecule has 1 aromatic heterocycles. The van der Waals surface area contributed by atoms with Crippen LogP contribution in [-0.2, 0) is 6.54 Å². The second kappa shape index (κ2) is 5.74. The topological polar surface area (TPSA) is 41.3 Å². The van der Waals surface area contributed by atoms with Crippen molar-refractivity contribution in [2.45, 2.75) is 6.54 Å². The van der Waals surface area contributed by atoms with Crippen molar-refractivity contribution < 1.29 is 4.42 Å². The number of oxazole rings is 1. The average molecular weight is 278 g/mol. The van der Waals surface area contributed by atoms with Gasteiger partial charge in [-0.2, -0.15) is 0 Å². The maximum absolute atomic E-state index is 5.87. The number of nitrogens with one attached hydrogen (secondary N) is 1. The van der Waals surface area contributed by atoms with Crippen LogP contribution in [0.5, 0.6) is 0 Å². The van der Waals surface area contributed by atoms with Gasteiger partial charge < -0.3 is 9.73 Å². The summed E-state index contributed by atoms with van der Waals surface area (Å²) >= 11 is 5.87. The van der Waals surface area contributed by atoms with Crippen LogP contribution < -0.4 is 5.32 Å². The third-order valence-electron chi connectivity index (χ3n) is 3.24. The number of rotatable bonds is 3. The highest BCUT2D eigenvalue weighted by Gasteiger charge is 2.13. The van der Waals surface area contributed by atoms with Gasteiger partial charge in [0.05, 0.1) is 5.69 Å². The summed E-state index contributed by atoms with van der Waals surface area (Å²) in [5.41, 5.74) is 1.93. The summed E-state index contributed by atoms with van der Waals surface area (Å²) in [6.07, 6.45) is 1.74. The first-order valence-electron chi connectivity index (χ1n) is 6.45. The van der Waals surface area contributed by atoms with Gasteiger partial charge in [0, 0.05) is 43.3 Å². The van der Waals surface area contributed by atoms with E-state index in [2.05, 4.69) is 15.2 Å². The molecule has 19 heavy (non-hydrogen) atoms. The van der Waals surface area contributed by atoms with Gasteiger partial charge in [-0.05, 0) is 24.3 Å². The summed E-state index contributed by atoms with van der Waals surface area (Å²) in [6, 6.07) is 7.53. The lowest BCUT2D eigenvalue weighted by atomic mass is 10.2. The predicted octanol–water partition coefficient (Wildman–Crippen LogP) is 2.40. The zero-order chi connectivity index (χ0) is 13.1. The molecule has 1 aromatic carbocycles. The fourth-order valence-corrected chi connectivity index (χ4v) is 2.33. The monoisotopic (exact) mass is 277 g/mol. The maximum atomic E-state index is 5.87. The van der Waals surface area contributed by atoms with Crippen molar-refractivity contribution in [3.63, 3.8) is 0 Å². The van der Waals surface area contributed by atoms with Gasteiger partial charge in [0.1, 0.15) is 6.26 Å². The van der Waals surface area contributed by atoms with Crippen molar-refractivity contribution in [2.75, 3.05) is 26.2 Å². The summed E-state index contributed by atoms with van der Waals surface area (Å²) in [4.78, 5) is 6.91. The van der Waals surface area contributed by atoms with Crippen molar-refractivity contribution in [2.24, 2.45) is 0 Å². The summed E-state index contributed by atoms with van der Waals surface area (Å²) in [5.74, 6) is 0.654. The fourth-order valence-electron chi connectivity index (χ4n) is 2.20. The van der Waals surface area contributed by atoms with E-state index in [1.165, 1.54) is 0 Å². The first-order valence-corrected chi connectivity index (χ1v) is 6.82. The molecule has 1 fully saturated rings. The Hall–Kier alpha value is -1.36. The molecule has 1 saturated heterocycles. The largest absolute Gasteiger partial charge is 0.444 e. The highest BCUT2D eigenvalue weighted by atomic mass is 35.5. The third-order valence-corrected chi connectivity index (χ3v) is 3.49. The Morgan fingerprint density at radius 3 is 2.68 bits per heavy atom. The summed E-state index contributed by atoms with van der Waals surface area (Å²) in [7, 11) is 0. The van der Waals surface area contributed by atoms with Gasteiger partial charge in [-0.15, -0.1) is 0 Å². The molecule has 3 rings (SSSR count). The number of halogens is 1. The zero-order valence-corrected chi connectivity index (χ0v) is 11.4. The van der Waals surface area contributed by atoms with Gasteiger partial charge in [-0.3, -0.25) is 4.90 Å². The first-order chi connectivity index (χ1) is 9.31. The SMILES string of the molecule is Clc1ccc(-c2nc(CN3CCNCC3)co2)cc1. The first kappa shape index (κ1) is 12.7. The van der Waals surface area contributed by atoms with E-state index in [9.17, 15) is 0 Å². The minimum absolute atomic E-state index is 0.654. The molecular weight excluding hydrogens is 262 g/mol. The van der Waals surface area contributed by atoms with E-state index < -0.39 is 0 Å². The molecule has 0 bridgehead atoms. The van der Waals surface area contributed by atoms with Crippen molar-refractivity contribution in [1.29, 1.82) is 0 Å². The van der Waals surface area contributed by atoms with Gasteiger partial charge in [-0.1, -0.05) is 11.6 Å². The highest BCUT2D eigenvalue weighted by molar-refractivity contribution is 6.30. The van der Waals surface area contributed by atoms with Crippen LogP contribution in [0.25, 0.3) is 11.5 Å². The molecule has 1 aliphatic heterocycles. The molecule has 4 nitrogen and oxygen atoms in total. The predicted molar refractivity (Wildman–Crippen MR) is 75.1 cm³/mol. The Bertz CT molecular complexity index is 532. The normalized spacial score (nSPS) is 16.7. The van der Waals surface area contributed by atoms with Crippen molar-refractivity contribution >= 4 is 11.6 Å². The van der Waals surface area contributed by atoms with Crippen LogP contribution in [0, 0.1) is 0 Å². The summed E-state index contributed by atoms with van der Waals surface area (Å²) < 4.78 is 5.54. The molecule has 1 aliphatic rings. The van der Waals surface area contributed by atoms with E-state index in [0.717, 1.165) is 49.0 Å². The molecule has 0 amide bonds. The van der Waals surface area contributed by atoms with Crippen LogP contribution in [0.4, 0.5) is 0 Å². The zero-order valence-electron chi connectivity index (χ0n) is 10.6. The summed E-state index contributed by atoms with van der Waals surface area (Å²) in [6.45, 7) is 5.05. The minimum Gasteiger partial charge on any atom is -0.444 e. The van der Waals surface area contributed by atoms with E-state index in [4.69, 9.17) is 16.0 Å². The average Bonchev–Trinajstić information content (AvgIpc) is 2.89. The Labute approximate surface area is 117 Å². The molecule has 1 N–H and O–H groups in total. The van der Waals surface area contributed by atoms with E-state index in [-0.39, 0.29) is 0 Å². The number of benzene rings is 1. The number of piperazine rings is 1. The molecule has 0 spiro atoms. The molecule has 0 radical (unpaired) electrons. The Kier molecular flexibility index (Phi) is 3.82. The van der Waals surface area contributed by atoms with Crippen molar-refractivity contribution in [1.82, 2.24) is 15.2 Å². The standard InChI is InChI=1S/C14H16ClN3O/c15-12-3-1-11(2-4-12)14-17-13(10-19-14)9-18-7-5-16-6-8-18/h1-4,10,16H,5-9H2. The molecule has 0 aliphatic carbocycles. The lowest BCUT2D eigenvalue weighted by molar-refractivity contribution is 0.230. The Balaban J connectivity index is 1.70. The van der Waals surface area contributed by atoms with Crippen molar-refractivity contribution in [3.8, 4) is 11.5 Å². The highest BCUT2D eigenvalue weighted by Crippen LogP contribution is 2.21. The molecule has 2 aromatic rings.